The fraction of sp³-hybridized carbons (Fsp3) is 0.400. The molecule has 4 heterocycles. The third-order valence-electron chi connectivity index (χ3n) is 8.62. The predicted octanol–water partition coefficient (Wildman–Crippen LogP) is 6.73. The maximum atomic E-state index is 7.05. The molecule has 242 valence electrons. The molecule has 9 nitrogen and oxygen atoms in total. The Morgan fingerprint density at radius 1 is 0.739 bits per heavy atom. The number of hydrogen-bond acceptors (Lipinski definition) is 9. The van der Waals surface area contributed by atoms with Gasteiger partial charge in [-0.15, -0.1) is 0 Å². The van der Waals surface area contributed by atoms with Gasteiger partial charge in [0.05, 0.1) is 41.3 Å². The van der Waals surface area contributed by atoms with E-state index in [1.54, 1.807) is 14.2 Å². The van der Waals surface area contributed by atoms with E-state index in [9.17, 15) is 0 Å². The molecule has 2 saturated heterocycles. The molecule has 4 aromatic rings. The normalized spacial score (nSPS) is 16.0. The molecule has 0 unspecified atom stereocenters. The van der Waals surface area contributed by atoms with Gasteiger partial charge < -0.3 is 29.6 Å². The fourth-order valence-corrected chi connectivity index (χ4v) is 6.57. The van der Waals surface area contributed by atoms with Gasteiger partial charge in [-0.05, 0) is 37.8 Å². The van der Waals surface area contributed by atoms with Crippen LogP contribution >= 0.6 is 23.2 Å². The first kappa shape index (κ1) is 32.6. The second-order valence-corrected chi connectivity index (χ2v) is 12.2. The predicted molar refractivity (Wildman–Crippen MR) is 181 cm³/mol. The van der Waals surface area contributed by atoms with Gasteiger partial charge in [0.1, 0.15) is 12.1 Å². The van der Waals surface area contributed by atoms with Gasteiger partial charge in [0, 0.05) is 79.4 Å². The van der Waals surface area contributed by atoms with Gasteiger partial charge in [-0.25, -0.2) is 15.0 Å². The summed E-state index contributed by atoms with van der Waals surface area (Å²) in [6.07, 6.45) is 5.52. The van der Waals surface area contributed by atoms with Gasteiger partial charge in [0.25, 0.3) is 0 Å². The molecule has 2 aliphatic heterocycles. The number of aromatic nitrogens is 3. The Morgan fingerprint density at radius 2 is 1.37 bits per heavy atom. The minimum atomic E-state index is 0.400. The number of rotatable bonds is 11. The number of ether oxygens (including phenoxy) is 4. The topological polar surface area (TPSA) is 99.7 Å². The van der Waals surface area contributed by atoms with Crippen LogP contribution in [0.1, 0.15) is 36.8 Å². The first-order chi connectivity index (χ1) is 22.6. The SMILES string of the molecule is COc1cc(-c2ncnc(-c3cccc(-c4ccc(CNC5CCOCC5)c(OC)n4)c3Cl)c2Cl)ccc1CNC1CCOCC1. The van der Waals surface area contributed by atoms with E-state index in [1.165, 1.54) is 6.33 Å². The van der Waals surface area contributed by atoms with Crippen LogP contribution in [0.2, 0.25) is 10.0 Å². The summed E-state index contributed by atoms with van der Waals surface area (Å²) in [7, 11) is 3.31. The van der Waals surface area contributed by atoms with E-state index >= 15 is 0 Å². The highest BCUT2D eigenvalue weighted by Crippen LogP contribution is 2.41. The molecule has 6 rings (SSSR count). The van der Waals surface area contributed by atoms with Crippen molar-refractivity contribution in [3.05, 3.63) is 76.0 Å². The zero-order valence-corrected chi connectivity index (χ0v) is 27.7. The monoisotopic (exact) mass is 663 g/mol. The maximum Gasteiger partial charge on any atom is 0.218 e. The van der Waals surface area contributed by atoms with Crippen LogP contribution in [0.3, 0.4) is 0 Å². The van der Waals surface area contributed by atoms with Crippen molar-refractivity contribution in [2.45, 2.75) is 50.9 Å². The lowest BCUT2D eigenvalue weighted by Gasteiger charge is -2.23. The number of methoxy groups -OCH3 is 2. The summed E-state index contributed by atoms with van der Waals surface area (Å²) in [5.41, 5.74) is 6.12. The lowest BCUT2D eigenvalue weighted by molar-refractivity contribution is 0.0774. The zero-order chi connectivity index (χ0) is 31.9. The first-order valence-electron chi connectivity index (χ1n) is 15.7. The lowest BCUT2D eigenvalue weighted by Crippen LogP contribution is -2.34. The van der Waals surface area contributed by atoms with Gasteiger partial charge >= 0.3 is 0 Å². The Balaban J connectivity index is 1.24. The van der Waals surface area contributed by atoms with Crippen molar-refractivity contribution < 1.29 is 18.9 Å². The average Bonchev–Trinajstić information content (AvgIpc) is 3.11. The van der Waals surface area contributed by atoms with E-state index in [2.05, 4.69) is 20.6 Å². The van der Waals surface area contributed by atoms with Gasteiger partial charge in [-0.2, -0.15) is 0 Å². The minimum absolute atomic E-state index is 0.400. The van der Waals surface area contributed by atoms with Crippen LogP contribution in [-0.2, 0) is 22.6 Å². The Labute approximate surface area is 280 Å². The van der Waals surface area contributed by atoms with Crippen LogP contribution in [-0.4, -0.2) is 67.7 Å². The van der Waals surface area contributed by atoms with Crippen molar-refractivity contribution in [2.75, 3.05) is 40.6 Å². The summed E-state index contributed by atoms with van der Waals surface area (Å²) < 4.78 is 22.4. The fourth-order valence-electron chi connectivity index (χ4n) is 5.95. The lowest BCUT2D eigenvalue weighted by atomic mass is 10.0. The third kappa shape index (κ3) is 7.46. The molecule has 2 aliphatic rings. The molecule has 2 fully saturated rings. The highest BCUT2D eigenvalue weighted by molar-refractivity contribution is 6.38. The largest absolute Gasteiger partial charge is 0.496 e. The molecule has 0 spiro atoms. The first-order valence-corrected chi connectivity index (χ1v) is 16.4. The number of benzene rings is 2. The van der Waals surface area contributed by atoms with Crippen LogP contribution in [0.25, 0.3) is 33.8 Å². The second kappa shape index (κ2) is 15.5. The van der Waals surface area contributed by atoms with Gasteiger partial charge in [-0.3, -0.25) is 0 Å². The van der Waals surface area contributed by atoms with Gasteiger partial charge in [0.2, 0.25) is 5.88 Å². The Kier molecular flexibility index (Phi) is 11.0. The standard InChI is InChI=1S/C35H39Cl2N5O4/c1-43-30-18-22(6-7-23(30)19-38-25-10-14-45-15-11-25)33-32(37)34(41-21-40-33)28-5-3-4-27(31(28)36)29-9-8-24(35(42-29)44-2)20-39-26-12-16-46-17-13-26/h3-9,18,21,25-26,38-39H,10-17,19-20H2,1-2H3. The Hall–Kier alpha value is -3.31. The molecule has 11 heteroatoms. The zero-order valence-electron chi connectivity index (χ0n) is 26.2. The molecule has 0 aliphatic carbocycles. The van der Waals surface area contributed by atoms with Gasteiger partial charge in [0.15, 0.2) is 0 Å². The number of pyridine rings is 1. The van der Waals surface area contributed by atoms with Crippen LogP contribution < -0.4 is 20.1 Å². The van der Waals surface area contributed by atoms with Crippen LogP contribution in [0.5, 0.6) is 11.6 Å². The number of nitrogens with zero attached hydrogens (tertiary/aromatic N) is 3. The number of hydrogen-bond donors (Lipinski definition) is 2. The van der Waals surface area contributed by atoms with E-state index in [0.717, 1.165) is 80.1 Å². The highest BCUT2D eigenvalue weighted by atomic mass is 35.5. The highest BCUT2D eigenvalue weighted by Gasteiger charge is 2.21. The molecule has 0 bridgehead atoms. The van der Waals surface area contributed by atoms with E-state index in [4.69, 9.17) is 47.1 Å². The smallest absolute Gasteiger partial charge is 0.218 e. The summed E-state index contributed by atoms with van der Waals surface area (Å²) in [6, 6.07) is 16.6. The quantitative estimate of drug-likeness (QED) is 0.181. The van der Waals surface area contributed by atoms with Crippen LogP contribution in [0.15, 0.2) is 54.9 Å². The van der Waals surface area contributed by atoms with Crippen molar-refractivity contribution in [1.29, 1.82) is 0 Å². The van der Waals surface area contributed by atoms with E-state index in [1.807, 2.05) is 48.5 Å². The Bertz CT molecular complexity index is 1520. The molecule has 2 aromatic heterocycles. The molecule has 0 amide bonds. The molecule has 2 N–H and O–H groups in total. The summed E-state index contributed by atoms with van der Waals surface area (Å²) in [5, 5.41) is 8.11. The minimum Gasteiger partial charge on any atom is -0.496 e. The summed E-state index contributed by atoms with van der Waals surface area (Å²) in [4.78, 5) is 13.9. The molecule has 0 atom stereocenters. The summed E-state index contributed by atoms with van der Waals surface area (Å²) >= 11 is 14.1. The van der Waals surface area contributed by atoms with E-state index in [-0.39, 0.29) is 0 Å². The number of nitrogens with one attached hydrogen (secondary N) is 2. The molecular weight excluding hydrogens is 625 g/mol. The van der Waals surface area contributed by atoms with Crippen LogP contribution in [0.4, 0.5) is 0 Å². The Morgan fingerprint density at radius 3 is 2.04 bits per heavy atom. The molecule has 2 aromatic carbocycles. The molecule has 0 saturated carbocycles. The van der Waals surface area contributed by atoms with E-state index in [0.29, 0.717) is 63.7 Å². The van der Waals surface area contributed by atoms with Crippen molar-refractivity contribution in [3.63, 3.8) is 0 Å². The average molecular weight is 665 g/mol. The summed E-state index contributed by atoms with van der Waals surface area (Å²) in [5.74, 6) is 1.32. The summed E-state index contributed by atoms with van der Waals surface area (Å²) in [6.45, 7) is 4.52. The maximum absolute atomic E-state index is 7.05. The van der Waals surface area contributed by atoms with Crippen molar-refractivity contribution in [1.82, 2.24) is 25.6 Å². The van der Waals surface area contributed by atoms with E-state index < -0.39 is 0 Å². The molecular formula is C35H39Cl2N5O4. The van der Waals surface area contributed by atoms with Crippen molar-refractivity contribution >= 4 is 23.2 Å². The number of halogens is 2. The second-order valence-electron chi connectivity index (χ2n) is 11.5. The van der Waals surface area contributed by atoms with Gasteiger partial charge in [-0.1, -0.05) is 59.6 Å². The van der Waals surface area contributed by atoms with Crippen molar-refractivity contribution in [3.8, 4) is 45.4 Å². The molecule has 46 heavy (non-hydrogen) atoms. The van der Waals surface area contributed by atoms with Crippen molar-refractivity contribution in [2.24, 2.45) is 0 Å². The molecule has 0 radical (unpaired) electrons. The van der Waals surface area contributed by atoms with Crippen LogP contribution in [0, 0.1) is 0 Å². The third-order valence-corrected chi connectivity index (χ3v) is 9.38.